The fraction of sp³-hybridized carbons (Fsp3) is 0.450. The molecule has 0 aliphatic carbocycles. The maximum atomic E-state index is 12.5. The van der Waals surface area contributed by atoms with Gasteiger partial charge in [-0.05, 0) is 31.2 Å². The van der Waals surface area contributed by atoms with E-state index in [1.165, 1.54) is 0 Å². The number of carboxylic acid groups (broad SMARTS) is 1. The number of carboxylic acids is 1. The Balaban J connectivity index is 2.69. The third kappa shape index (κ3) is 8.89. The van der Waals surface area contributed by atoms with Crippen LogP contribution in [0.2, 0.25) is 0 Å². The zero-order valence-corrected chi connectivity index (χ0v) is 16.0. The summed E-state index contributed by atoms with van der Waals surface area (Å²) in [5, 5.41) is 14.2. The Labute approximate surface area is 159 Å². The summed E-state index contributed by atoms with van der Waals surface area (Å²) in [4.78, 5) is 35.9. The molecule has 0 aliphatic heterocycles. The first-order valence-corrected chi connectivity index (χ1v) is 8.83. The van der Waals surface area contributed by atoms with Crippen molar-refractivity contribution in [3.05, 3.63) is 48.0 Å². The van der Waals surface area contributed by atoms with Gasteiger partial charge in [-0.3, -0.25) is 4.79 Å². The van der Waals surface area contributed by atoms with Gasteiger partial charge in [-0.25, -0.2) is 9.59 Å². The Morgan fingerprint density at radius 2 is 1.74 bits per heavy atom. The minimum absolute atomic E-state index is 0.0795. The molecule has 0 aliphatic rings. The summed E-state index contributed by atoms with van der Waals surface area (Å²) >= 11 is 0. The minimum atomic E-state index is -1.15. The lowest BCUT2D eigenvalue weighted by atomic mass is 10.0. The van der Waals surface area contributed by atoms with Gasteiger partial charge in [-0.15, -0.1) is 6.58 Å². The van der Waals surface area contributed by atoms with E-state index < -0.39 is 30.1 Å². The molecule has 0 spiro atoms. The molecular formula is C20H28N2O5. The molecule has 1 rings (SSSR count). The normalized spacial score (nSPS) is 12.7. The van der Waals surface area contributed by atoms with E-state index in [4.69, 9.17) is 4.74 Å². The predicted octanol–water partition coefficient (Wildman–Crippen LogP) is 2.86. The van der Waals surface area contributed by atoms with Gasteiger partial charge in [0.15, 0.2) is 0 Å². The molecule has 0 bridgehead atoms. The van der Waals surface area contributed by atoms with Crippen LogP contribution in [-0.4, -0.2) is 35.2 Å². The fourth-order valence-corrected chi connectivity index (χ4v) is 2.43. The molecular weight excluding hydrogens is 348 g/mol. The van der Waals surface area contributed by atoms with Crippen LogP contribution in [0.15, 0.2) is 42.5 Å². The highest BCUT2D eigenvalue weighted by Crippen LogP contribution is 2.09. The summed E-state index contributed by atoms with van der Waals surface area (Å²) < 4.78 is 5.15. The van der Waals surface area contributed by atoms with Crippen molar-refractivity contribution in [2.24, 2.45) is 5.92 Å². The Morgan fingerprint density at radius 3 is 2.26 bits per heavy atom. The largest absolute Gasteiger partial charge is 0.480 e. The lowest BCUT2D eigenvalue weighted by Gasteiger charge is -2.22. The quantitative estimate of drug-likeness (QED) is 0.545. The number of rotatable bonds is 10. The highest BCUT2D eigenvalue weighted by molar-refractivity contribution is 5.89. The first-order chi connectivity index (χ1) is 12.7. The van der Waals surface area contributed by atoms with Gasteiger partial charge in [-0.2, -0.15) is 0 Å². The van der Waals surface area contributed by atoms with Crippen LogP contribution in [0.4, 0.5) is 4.79 Å². The molecule has 3 N–H and O–H groups in total. The SMILES string of the molecule is C=C(C)C[C@H](NC(=O)[C@H](CC(C)C)NC(=O)OCc1ccccc1)C(=O)O. The molecule has 0 saturated carbocycles. The number of carbonyl (C=O) groups excluding carboxylic acids is 2. The number of hydrogen-bond donors (Lipinski definition) is 3. The molecule has 0 radical (unpaired) electrons. The van der Waals surface area contributed by atoms with Crippen molar-refractivity contribution >= 4 is 18.0 Å². The highest BCUT2D eigenvalue weighted by atomic mass is 16.5. The van der Waals surface area contributed by atoms with Gasteiger partial charge in [0.25, 0.3) is 0 Å². The maximum Gasteiger partial charge on any atom is 0.408 e. The lowest BCUT2D eigenvalue weighted by molar-refractivity contribution is -0.142. The third-order valence-electron chi connectivity index (χ3n) is 3.70. The number of carbonyl (C=O) groups is 3. The highest BCUT2D eigenvalue weighted by Gasteiger charge is 2.27. The topological polar surface area (TPSA) is 105 Å². The molecule has 0 saturated heterocycles. The van der Waals surface area contributed by atoms with E-state index in [9.17, 15) is 19.5 Å². The molecule has 148 valence electrons. The summed E-state index contributed by atoms with van der Waals surface area (Å²) in [5.74, 6) is -1.60. The van der Waals surface area contributed by atoms with E-state index in [0.717, 1.165) is 5.56 Å². The maximum absolute atomic E-state index is 12.5. The second kappa shape index (κ2) is 11.0. The van der Waals surface area contributed by atoms with Gasteiger partial charge in [0, 0.05) is 0 Å². The van der Waals surface area contributed by atoms with Crippen molar-refractivity contribution in [1.29, 1.82) is 0 Å². The van der Waals surface area contributed by atoms with Crippen molar-refractivity contribution in [2.45, 2.75) is 52.3 Å². The molecule has 7 nitrogen and oxygen atoms in total. The molecule has 0 heterocycles. The monoisotopic (exact) mass is 376 g/mol. The molecule has 27 heavy (non-hydrogen) atoms. The number of amides is 2. The first kappa shape index (κ1) is 22.2. The van der Waals surface area contributed by atoms with Crippen molar-refractivity contribution in [2.75, 3.05) is 0 Å². The Bertz CT molecular complexity index is 658. The molecule has 7 heteroatoms. The molecule has 1 aromatic carbocycles. The number of aliphatic carboxylic acids is 1. The van der Waals surface area contributed by atoms with Crippen LogP contribution in [0.1, 0.15) is 39.2 Å². The average Bonchev–Trinajstić information content (AvgIpc) is 2.58. The minimum Gasteiger partial charge on any atom is -0.480 e. The zero-order valence-electron chi connectivity index (χ0n) is 16.0. The fourth-order valence-electron chi connectivity index (χ4n) is 2.43. The summed E-state index contributed by atoms with van der Waals surface area (Å²) in [5.41, 5.74) is 1.46. The Kier molecular flexibility index (Phi) is 9.05. The van der Waals surface area contributed by atoms with Crippen LogP contribution >= 0.6 is 0 Å². The van der Waals surface area contributed by atoms with Crippen LogP contribution in [0.25, 0.3) is 0 Å². The third-order valence-corrected chi connectivity index (χ3v) is 3.70. The Morgan fingerprint density at radius 1 is 1.11 bits per heavy atom. The molecule has 0 fully saturated rings. The van der Waals surface area contributed by atoms with E-state index in [0.29, 0.717) is 12.0 Å². The van der Waals surface area contributed by atoms with Crippen molar-refractivity contribution in [1.82, 2.24) is 10.6 Å². The number of hydrogen-bond acceptors (Lipinski definition) is 4. The van der Waals surface area contributed by atoms with Gasteiger partial charge in [0.05, 0.1) is 0 Å². The smallest absolute Gasteiger partial charge is 0.408 e. The van der Waals surface area contributed by atoms with Crippen molar-refractivity contribution in [3.8, 4) is 0 Å². The summed E-state index contributed by atoms with van der Waals surface area (Å²) in [6.45, 7) is 9.25. The standard InChI is InChI=1S/C20H28N2O5/c1-13(2)10-16(18(23)21-17(19(24)25)11-14(3)4)22-20(26)27-12-15-8-6-5-7-9-15/h5-9,13,16-17H,3,10-12H2,1-2,4H3,(H,21,23)(H,22,26)(H,24,25)/t16-,17-/m0/s1. The van der Waals surface area contributed by atoms with Gasteiger partial charge < -0.3 is 20.5 Å². The van der Waals surface area contributed by atoms with Gasteiger partial charge in [0.2, 0.25) is 5.91 Å². The number of alkyl carbamates (subject to hydrolysis) is 1. The average molecular weight is 376 g/mol. The van der Waals surface area contributed by atoms with E-state index >= 15 is 0 Å². The molecule has 2 atom stereocenters. The zero-order chi connectivity index (χ0) is 20.4. The molecule has 1 aromatic rings. The van der Waals surface area contributed by atoms with Crippen molar-refractivity contribution < 1.29 is 24.2 Å². The Hall–Kier alpha value is -2.83. The van der Waals surface area contributed by atoms with Crippen molar-refractivity contribution in [3.63, 3.8) is 0 Å². The van der Waals surface area contributed by atoms with E-state index in [1.54, 1.807) is 6.92 Å². The molecule has 2 amide bonds. The van der Waals surface area contributed by atoms with Crippen LogP contribution < -0.4 is 10.6 Å². The summed E-state index contributed by atoms with van der Waals surface area (Å²) in [6.07, 6.45) is -0.258. The van der Waals surface area contributed by atoms with Gasteiger partial charge in [-0.1, -0.05) is 49.8 Å². The van der Waals surface area contributed by atoms with E-state index in [-0.39, 0.29) is 18.9 Å². The first-order valence-electron chi connectivity index (χ1n) is 8.83. The predicted molar refractivity (Wildman–Crippen MR) is 102 cm³/mol. The second-order valence-corrected chi connectivity index (χ2v) is 6.95. The van der Waals surface area contributed by atoms with Gasteiger partial charge >= 0.3 is 12.1 Å². The lowest BCUT2D eigenvalue weighted by Crippen LogP contribution is -2.52. The summed E-state index contributed by atoms with van der Waals surface area (Å²) in [6, 6.07) is 7.18. The summed E-state index contributed by atoms with van der Waals surface area (Å²) in [7, 11) is 0. The van der Waals surface area contributed by atoms with Crippen LogP contribution in [0, 0.1) is 5.92 Å². The van der Waals surface area contributed by atoms with Gasteiger partial charge in [0.1, 0.15) is 18.7 Å². The van der Waals surface area contributed by atoms with Crippen LogP contribution in [-0.2, 0) is 20.9 Å². The molecule has 0 unspecified atom stereocenters. The van der Waals surface area contributed by atoms with Crippen LogP contribution in [0.3, 0.4) is 0 Å². The number of ether oxygens (including phenoxy) is 1. The van der Waals surface area contributed by atoms with E-state index in [1.807, 2.05) is 44.2 Å². The van der Waals surface area contributed by atoms with E-state index in [2.05, 4.69) is 17.2 Å². The number of benzene rings is 1. The second-order valence-electron chi connectivity index (χ2n) is 6.95. The molecule has 0 aromatic heterocycles. The van der Waals surface area contributed by atoms with Crippen LogP contribution in [0.5, 0.6) is 0 Å². The number of nitrogens with one attached hydrogen (secondary N) is 2.